The molecular weight excluding hydrogens is 229 g/mol. The summed E-state index contributed by atoms with van der Waals surface area (Å²) in [7, 11) is -4.72. The Morgan fingerprint density at radius 1 is 1.27 bits per heavy atom. The van der Waals surface area contributed by atoms with Gasteiger partial charge < -0.3 is 14.7 Å². The van der Waals surface area contributed by atoms with Crippen molar-refractivity contribution in [3.8, 4) is 5.75 Å². The van der Waals surface area contributed by atoms with Gasteiger partial charge in [0.15, 0.2) is 5.75 Å². The van der Waals surface area contributed by atoms with Crippen LogP contribution in [0.2, 0.25) is 0 Å². The van der Waals surface area contributed by atoms with Gasteiger partial charge in [-0.25, -0.2) is 4.57 Å². The Kier molecular flexibility index (Phi) is 3.38. The van der Waals surface area contributed by atoms with E-state index in [9.17, 15) is 14.7 Å². The number of nitro groups is 1. The molecule has 0 unspecified atom stereocenters. The molecule has 0 aliphatic carbocycles. The molecule has 0 saturated carbocycles. The van der Waals surface area contributed by atoms with Gasteiger partial charge in [0, 0.05) is 12.1 Å². The molecule has 0 spiro atoms. The Hall–Kier alpha value is -1.47. The predicted molar refractivity (Wildman–Crippen MR) is 46.9 cm³/mol. The van der Waals surface area contributed by atoms with Crippen LogP contribution in [0.15, 0.2) is 24.3 Å². The Labute approximate surface area is 83.4 Å². The van der Waals surface area contributed by atoms with Crippen molar-refractivity contribution < 1.29 is 28.8 Å². The summed E-state index contributed by atoms with van der Waals surface area (Å²) in [6.45, 7) is 0. The summed E-state index contributed by atoms with van der Waals surface area (Å²) in [5.74, 6) is -0.0519. The van der Waals surface area contributed by atoms with E-state index in [1.807, 2.05) is 0 Å². The third-order valence-electron chi connectivity index (χ3n) is 1.28. The highest BCUT2D eigenvalue weighted by atomic mass is 31.2. The molecule has 0 saturated heterocycles. The lowest BCUT2D eigenvalue weighted by atomic mass is 10.3. The molecule has 0 radical (unpaired) electrons. The molecule has 15 heavy (non-hydrogen) atoms. The number of benzene rings is 1. The van der Waals surface area contributed by atoms with Crippen molar-refractivity contribution in [2.75, 3.05) is 0 Å². The average Bonchev–Trinajstić information content (AvgIpc) is 2.14. The molecule has 0 atom stereocenters. The van der Waals surface area contributed by atoms with Crippen molar-refractivity contribution in [2.24, 2.45) is 0 Å². The van der Waals surface area contributed by atoms with Gasteiger partial charge in [-0.3, -0.25) is 10.1 Å². The highest BCUT2D eigenvalue weighted by molar-refractivity contribution is 7.46. The highest BCUT2D eigenvalue weighted by Gasteiger charge is 2.16. The predicted octanol–water partition coefficient (Wildman–Crippen LogP) is 0.998. The van der Waals surface area contributed by atoms with E-state index in [0.29, 0.717) is 0 Å². The Morgan fingerprint density at radius 2 is 1.80 bits per heavy atom. The van der Waals surface area contributed by atoms with Crippen LogP contribution in [0.25, 0.3) is 0 Å². The van der Waals surface area contributed by atoms with Crippen LogP contribution in [0.1, 0.15) is 0 Å². The lowest BCUT2D eigenvalue weighted by molar-refractivity contribution is -0.384. The van der Waals surface area contributed by atoms with Gasteiger partial charge in [0.25, 0.3) is 5.69 Å². The van der Waals surface area contributed by atoms with E-state index in [2.05, 4.69) is 9.56 Å². The summed E-state index contributed by atoms with van der Waals surface area (Å²) in [5.41, 5.74) is -0.168. The van der Waals surface area contributed by atoms with E-state index in [0.717, 1.165) is 24.3 Å². The Morgan fingerprint density at radius 3 is 2.20 bits per heavy atom. The van der Waals surface area contributed by atoms with Crippen LogP contribution >= 0.6 is 7.82 Å². The van der Waals surface area contributed by atoms with Crippen molar-refractivity contribution in [3.63, 3.8) is 0 Å². The Balaban J connectivity index is 2.65. The summed E-state index contributed by atoms with van der Waals surface area (Å²) in [5, 5.41) is 10.2. The van der Waals surface area contributed by atoms with Gasteiger partial charge in [-0.05, 0) is 12.1 Å². The van der Waals surface area contributed by atoms with E-state index < -0.39 is 12.7 Å². The molecule has 0 aliphatic heterocycles. The van der Waals surface area contributed by atoms with Gasteiger partial charge in [-0.15, -0.1) is 0 Å². The van der Waals surface area contributed by atoms with Gasteiger partial charge in [0.1, 0.15) is 0 Å². The fourth-order valence-corrected chi connectivity index (χ4v) is 0.898. The van der Waals surface area contributed by atoms with Crippen molar-refractivity contribution >= 4 is 13.5 Å². The fraction of sp³-hybridized carbons (Fsp3) is 0. The molecule has 0 aromatic heterocycles. The maximum absolute atomic E-state index is 10.2. The number of hydrogen-bond donors (Lipinski definition) is 2. The first kappa shape index (κ1) is 11.6. The van der Waals surface area contributed by atoms with Gasteiger partial charge in [-0.1, -0.05) is 4.67 Å². The molecule has 2 N–H and O–H groups in total. The van der Waals surface area contributed by atoms with Crippen molar-refractivity contribution in [2.45, 2.75) is 0 Å². The van der Waals surface area contributed by atoms with Crippen molar-refractivity contribution in [1.82, 2.24) is 0 Å². The van der Waals surface area contributed by atoms with Crippen molar-refractivity contribution in [1.29, 1.82) is 0 Å². The summed E-state index contributed by atoms with van der Waals surface area (Å²) >= 11 is 0. The molecule has 0 amide bonds. The monoisotopic (exact) mass is 235 g/mol. The maximum atomic E-state index is 10.2. The quantitative estimate of drug-likeness (QED) is 0.345. The van der Waals surface area contributed by atoms with Crippen LogP contribution in [-0.2, 0) is 9.24 Å². The molecule has 9 heteroatoms. The number of non-ortho nitro benzene ring substituents is 1. The first-order valence-electron chi connectivity index (χ1n) is 3.55. The van der Waals surface area contributed by atoms with E-state index in [-0.39, 0.29) is 11.4 Å². The van der Waals surface area contributed by atoms with Crippen LogP contribution in [0.4, 0.5) is 5.69 Å². The van der Waals surface area contributed by atoms with Crippen LogP contribution in [0.5, 0.6) is 5.75 Å². The summed E-state index contributed by atoms with van der Waals surface area (Å²) in [6, 6.07) is 4.51. The van der Waals surface area contributed by atoms with Crippen molar-refractivity contribution in [3.05, 3.63) is 34.4 Å². The van der Waals surface area contributed by atoms with Crippen LogP contribution in [0, 0.1) is 10.1 Å². The van der Waals surface area contributed by atoms with Gasteiger partial charge >= 0.3 is 7.82 Å². The third-order valence-corrected chi connectivity index (χ3v) is 1.55. The topological polar surface area (TPSA) is 119 Å². The minimum atomic E-state index is -4.72. The molecule has 0 fully saturated rings. The molecule has 1 aromatic rings. The minimum absolute atomic E-state index is 0.0519. The second-order valence-corrected chi connectivity index (χ2v) is 3.53. The summed E-state index contributed by atoms with van der Waals surface area (Å²) in [4.78, 5) is 30.4. The summed E-state index contributed by atoms with van der Waals surface area (Å²) in [6.07, 6.45) is 0. The lowest BCUT2D eigenvalue weighted by Gasteiger charge is -2.04. The zero-order chi connectivity index (χ0) is 11.5. The second-order valence-electron chi connectivity index (χ2n) is 2.40. The third kappa shape index (κ3) is 4.05. The lowest BCUT2D eigenvalue weighted by Crippen LogP contribution is -1.94. The summed E-state index contributed by atoms with van der Waals surface area (Å²) < 4.78 is 13.9. The molecular formula is C6H6NO7P. The minimum Gasteiger partial charge on any atom is -0.327 e. The average molecular weight is 235 g/mol. The Bertz CT molecular complexity index is 396. The second kappa shape index (κ2) is 4.37. The number of nitrogens with zero attached hydrogens (tertiary/aromatic N) is 1. The molecule has 0 bridgehead atoms. The smallest absolute Gasteiger partial charge is 0.327 e. The molecule has 1 rings (SSSR count). The number of rotatable bonds is 4. The number of nitro benzene ring substituents is 1. The van der Waals surface area contributed by atoms with Gasteiger partial charge in [0.05, 0.1) is 4.92 Å². The van der Waals surface area contributed by atoms with Crippen LogP contribution in [-0.4, -0.2) is 14.7 Å². The largest absolute Gasteiger partial charge is 0.505 e. The fourth-order valence-electron chi connectivity index (χ4n) is 0.715. The molecule has 0 aliphatic rings. The first-order chi connectivity index (χ1) is 6.88. The standard InChI is InChI=1S/C6H6NO7P/c8-7(9)5-1-3-6(4-2-5)13-14-15(10,11)12/h1-4H,(H2,10,11,12). The van der Waals surface area contributed by atoms with E-state index in [4.69, 9.17) is 9.79 Å². The van der Waals surface area contributed by atoms with Crippen LogP contribution < -0.4 is 4.89 Å². The molecule has 0 heterocycles. The van der Waals surface area contributed by atoms with E-state index in [1.165, 1.54) is 0 Å². The van der Waals surface area contributed by atoms with Gasteiger partial charge in [-0.2, -0.15) is 0 Å². The zero-order valence-corrected chi connectivity index (χ0v) is 8.03. The molecule has 82 valence electrons. The normalized spacial score (nSPS) is 11.1. The first-order valence-corrected chi connectivity index (χ1v) is 5.08. The molecule has 1 aromatic carbocycles. The van der Waals surface area contributed by atoms with Gasteiger partial charge in [0.2, 0.25) is 0 Å². The van der Waals surface area contributed by atoms with E-state index >= 15 is 0 Å². The SMILES string of the molecule is O=[N+]([O-])c1ccc(OOP(=O)(O)O)cc1. The maximum Gasteiger partial charge on any atom is 0.505 e. The number of hydrogen-bond acceptors (Lipinski definition) is 5. The van der Waals surface area contributed by atoms with E-state index in [1.54, 1.807) is 0 Å². The number of phosphoric acid groups is 1. The zero-order valence-electron chi connectivity index (χ0n) is 7.14. The highest BCUT2D eigenvalue weighted by Crippen LogP contribution is 2.36. The van der Waals surface area contributed by atoms with Crippen LogP contribution in [0.3, 0.4) is 0 Å². The molecule has 8 nitrogen and oxygen atoms in total.